The minimum absolute atomic E-state index is 0.225. The van der Waals surface area contributed by atoms with Crippen LogP contribution in [0.15, 0.2) is 28.7 Å². The van der Waals surface area contributed by atoms with Crippen LogP contribution >= 0.6 is 15.9 Å². The first-order chi connectivity index (χ1) is 9.66. The number of benzene rings is 1. The number of carbonyl (C=O) groups excluding carboxylic acids is 2. The van der Waals surface area contributed by atoms with Crippen molar-refractivity contribution in [2.45, 2.75) is 19.3 Å². The molecule has 1 aliphatic rings. The van der Waals surface area contributed by atoms with E-state index in [1.165, 1.54) is 0 Å². The van der Waals surface area contributed by atoms with E-state index in [9.17, 15) is 9.59 Å². The second-order valence-electron chi connectivity index (χ2n) is 4.70. The van der Waals surface area contributed by atoms with Crippen LogP contribution < -0.4 is 10.6 Å². The molecule has 0 unspecified atom stereocenters. The quantitative estimate of drug-likeness (QED) is 0.810. The summed E-state index contributed by atoms with van der Waals surface area (Å²) in [7, 11) is 0. The normalized spacial score (nSPS) is 14.4. The summed E-state index contributed by atoms with van der Waals surface area (Å²) in [6.07, 6.45) is 2.39. The lowest BCUT2D eigenvalue weighted by atomic mass is 10.3. The Morgan fingerprint density at radius 2 is 2.15 bits per heavy atom. The van der Waals surface area contributed by atoms with E-state index < -0.39 is 0 Å². The Morgan fingerprint density at radius 3 is 2.85 bits per heavy atom. The summed E-state index contributed by atoms with van der Waals surface area (Å²) in [5.74, 6) is 0.225. The highest BCUT2D eigenvalue weighted by atomic mass is 79.9. The second-order valence-corrected chi connectivity index (χ2v) is 5.55. The van der Waals surface area contributed by atoms with Crippen LogP contribution in [0.5, 0.6) is 0 Å². The van der Waals surface area contributed by atoms with Gasteiger partial charge in [0.05, 0.1) is 5.69 Å². The van der Waals surface area contributed by atoms with Crippen molar-refractivity contribution in [3.63, 3.8) is 0 Å². The molecule has 5 nitrogen and oxygen atoms in total. The molecule has 6 heteroatoms. The molecule has 1 fully saturated rings. The van der Waals surface area contributed by atoms with Gasteiger partial charge in [-0.25, -0.2) is 4.79 Å². The first-order valence-electron chi connectivity index (χ1n) is 6.74. The van der Waals surface area contributed by atoms with Gasteiger partial charge in [0, 0.05) is 30.5 Å². The smallest absolute Gasteiger partial charge is 0.319 e. The number of carbonyl (C=O) groups is 2. The van der Waals surface area contributed by atoms with Gasteiger partial charge in [0.15, 0.2) is 0 Å². The fourth-order valence-corrected chi connectivity index (χ4v) is 2.53. The van der Waals surface area contributed by atoms with E-state index >= 15 is 0 Å². The number of anilines is 1. The SMILES string of the molecule is O=C(NCCCN1CCCC1=O)Nc1ccccc1Br. The molecule has 0 radical (unpaired) electrons. The summed E-state index contributed by atoms with van der Waals surface area (Å²) in [6.45, 7) is 2.12. The van der Waals surface area contributed by atoms with Crippen LogP contribution in [-0.2, 0) is 4.79 Å². The Morgan fingerprint density at radius 1 is 1.35 bits per heavy atom. The number of halogens is 1. The van der Waals surface area contributed by atoms with Crippen LogP contribution in [0, 0.1) is 0 Å². The minimum Gasteiger partial charge on any atom is -0.343 e. The van der Waals surface area contributed by atoms with Crippen molar-refractivity contribution in [1.82, 2.24) is 10.2 Å². The lowest BCUT2D eigenvalue weighted by Gasteiger charge is -2.15. The van der Waals surface area contributed by atoms with E-state index in [4.69, 9.17) is 0 Å². The molecule has 1 saturated heterocycles. The number of urea groups is 1. The average Bonchev–Trinajstić information content (AvgIpc) is 2.83. The van der Waals surface area contributed by atoms with Crippen LogP contribution in [0.3, 0.4) is 0 Å². The number of rotatable bonds is 5. The monoisotopic (exact) mass is 339 g/mol. The molecule has 20 heavy (non-hydrogen) atoms. The van der Waals surface area contributed by atoms with Crippen molar-refractivity contribution < 1.29 is 9.59 Å². The zero-order chi connectivity index (χ0) is 14.4. The lowest BCUT2D eigenvalue weighted by Crippen LogP contribution is -2.33. The molecule has 3 amide bonds. The van der Waals surface area contributed by atoms with Gasteiger partial charge in [-0.15, -0.1) is 0 Å². The van der Waals surface area contributed by atoms with Crippen LogP contribution in [0.2, 0.25) is 0 Å². The number of nitrogens with zero attached hydrogens (tertiary/aromatic N) is 1. The first-order valence-corrected chi connectivity index (χ1v) is 7.53. The molecule has 0 bridgehead atoms. The van der Waals surface area contributed by atoms with Crippen molar-refractivity contribution >= 4 is 33.6 Å². The largest absolute Gasteiger partial charge is 0.343 e. The highest BCUT2D eigenvalue weighted by Gasteiger charge is 2.18. The van der Waals surface area contributed by atoms with Gasteiger partial charge in [0.25, 0.3) is 0 Å². The number of likely N-dealkylation sites (tertiary alicyclic amines) is 1. The molecule has 0 saturated carbocycles. The summed E-state index contributed by atoms with van der Waals surface area (Å²) < 4.78 is 0.845. The van der Waals surface area contributed by atoms with E-state index in [1.54, 1.807) is 0 Å². The molecule has 1 heterocycles. The number of nitrogens with one attached hydrogen (secondary N) is 2. The average molecular weight is 340 g/mol. The summed E-state index contributed by atoms with van der Waals surface area (Å²) >= 11 is 3.37. The third kappa shape index (κ3) is 4.23. The second kappa shape index (κ2) is 7.28. The highest BCUT2D eigenvalue weighted by molar-refractivity contribution is 9.10. The Hall–Kier alpha value is -1.56. The standard InChI is InChI=1S/C14H18BrN3O2/c15-11-5-1-2-6-12(11)17-14(20)16-8-4-10-18-9-3-7-13(18)19/h1-2,5-6H,3-4,7-10H2,(H2,16,17,20). The molecular weight excluding hydrogens is 322 g/mol. The van der Waals surface area contributed by atoms with E-state index in [0.29, 0.717) is 19.5 Å². The Kier molecular flexibility index (Phi) is 5.40. The van der Waals surface area contributed by atoms with Crippen molar-refractivity contribution in [2.75, 3.05) is 25.0 Å². The first kappa shape index (κ1) is 14.8. The summed E-state index contributed by atoms with van der Waals surface area (Å²) in [6, 6.07) is 7.21. The van der Waals surface area contributed by atoms with E-state index in [1.807, 2.05) is 29.2 Å². The molecule has 108 valence electrons. The Bertz CT molecular complexity index is 493. The minimum atomic E-state index is -0.232. The van der Waals surface area contributed by atoms with Crippen molar-refractivity contribution in [1.29, 1.82) is 0 Å². The van der Waals surface area contributed by atoms with E-state index in [2.05, 4.69) is 26.6 Å². The molecule has 1 aromatic carbocycles. The van der Waals surface area contributed by atoms with Gasteiger partial charge < -0.3 is 15.5 Å². The summed E-state index contributed by atoms with van der Waals surface area (Å²) in [5, 5.41) is 5.56. The zero-order valence-electron chi connectivity index (χ0n) is 11.2. The van der Waals surface area contributed by atoms with Crippen LogP contribution in [-0.4, -0.2) is 36.5 Å². The molecule has 2 rings (SSSR count). The lowest BCUT2D eigenvalue weighted by molar-refractivity contribution is -0.127. The zero-order valence-corrected chi connectivity index (χ0v) is 12.8. The number of para-hydroxylation sites is 1. The van der Waals surface area contributed by atoms with Gasteiger partial charge in [0.1, 0.15) is 0 Å². The molecule has 0 spiro atoms. The molecule has 1 aromatic rings. The maximum absolute atomic E-state index is 11.7. The molecule has 2 N–H and O–H groups in total. The fraction of sp³-hybridized carbons (Fsp3) is 0.429. The fourth-order valence-electron chi connectivity index (χ4n) is 2.14. The maximum Gasteiger partial charge on any atom is 0.319 e. The Balaban J connectivity index is 1.65. The molecule has 1 aliphatic heterocycles. The molecule has 0 aromatic heterocycles. The predicted octanol–water partition coefficient (Wildman–Crippen LogP) is 2.58. The summed E-state index contributed by atoms with van der Waals surface area (Å²) in [5.41, 5.74) is 0.736. The third-order valence-electron chi connectivity index (χ3n) is 3.18. The van der Waals surface area contributed by atoms with Gasteiger partial charge in [-0.3, -0.25) is 4.79 Å². The molecular formula is C14H18BrN3O2. The van der Waals surface area contributed by atoms with Crippen molar-refractivity contribution in [3.05, 3.63) is 28.7 Å². The maximum atomic E-state index is 11.7. The van der Waals surface area contributed by atoms with Gasteiger partial charge >= 0.3 is 6.03 Å². The van der Waals surface area contributed by atoms with Gasteiger partial charge in [-0.2, -0.15) is 0 Å². The summed E-state index contributed by atoms with van der Waals surface area (Å²) in [4.78, 5) is 25.0. The molecule has 0 atom stereocenters. The van der Waals surface area contributed by atoms with Crippen LogP contribution in [0.4, 0.5) is 10.5 Å². The topological polar surface area (TPSA) is 61.4 Å². The van der Waals surface area contributed by atoms with Crippen LogP contribution in [0.1, 0.15) is 19.3 Å². The van der Waals surface area contributed by atoms with E-state index in [-0.39, 0.29) is 11.9 Å². The van der Waals surface area contributed by atoms with Crippen molar-refractivity contribution in [2.24, 2.45) is 0 Å². The third-order valence-corrected chi connectivity index (χ3v) is 3.88. The van der Waals surface area contributed by atoms with Gasteiger partial charge in [-0.1, -0.05) is 12.1 Å². The Labute approximate surface area is 126 Å². The highest BCUT2D eigenvalue weighted by Crippen LogP contribution is 2.20. The van der Waals surface area contributed by atoms with Gasteiger partial charge in [-0.05, 0) is 40.9 Å². The molecule has 0 aliphatic carbocycles. The number of hydrogen-bond acceptors (Lipinski definition) is 2. The van der Waals surface area contributed by atoms with Crippen molar-refractivity contribution in [3.8, 4) is 0 Å². The van der Waals surface area contributed by atoms with Crippen LogP contribution in [0.25, 0.3) is 0 Å². The predicted molar refractivity (Wildman–Crippen MR) is 81.6 cm³/mol. The number of amides is 3. The van der Waals surface area contributed by atoms with Gasteiger partial charge in [0.2, 0.25) is 5.91 Å². The van der Waals surface area contributed by atoms with E-state index in [0.717, 1.165) is 29.5 Å². The number of hydrogen-bond donors (Lipinski definition) is 2.